The van der Waals surface area contributed by atoms with Gasteiger partial charge in [-0.05, 0) is 44.4 Å². The molecule has 2 aliphatic rings. The normalized spacial score (nSPS) is 21.7. The fourth-order valence-electron chi connectivity index (χ4n) is 4.46. The summed E-state index contributed by atoms with van der Waals surface area (Å²) in [6, 6.07) is 4.87. The third-order valence-electron chi connectivity index (χ3n) is 5.84. The molecule has 5 rings (SSSR count). The lowest BCUT2D eigenvalue weighted by molar-refractivity contribution is 0.121. The van der Waals surface area contributed by atoms with Crippen LogP contribution >= 0.6 is 0 Å². The summed E-state index contributed by atoms with van der Waals surface area (Å²) >= 11 is 0. The Morgan fingerprint density at radius 2 is 1.96 bits per heavy atom. The first-order chi connectivity index (χ1) is 13.4. The highest BCUT2D eigenvalue weighted by molar-refractivity contribution is 5.53. The first-order valence-electron chi connectivity index (χ1n) is 9.92. The summed E-state index contributed by atoms with van der Waals surface area (Å²) in [4.78, 5) is 15.9. The smallest absolute Gasteiger partial charge is 0.244 e. The van der Waals surface area contributed by atoms with Crippen LogP contribution in [0.4, 0.5) is 0 Å². The summed E-state index contributed by atoms with van der Waals surface area (Å²) in [6.45, 7) is 1.15. The average Bonchev–Trinajstić information content (AvgIpc) is 3.50. The summed E-state index contributed by atoms with van der Waals surface area (Å²) in [5.74, 6) is 2.19. The van der Waals surface area contributed by atoms with Gasteiger partial charge in [-0.25, -0.2) is 9.97 Å². The van der Waals surface area contributed by atoms with E-state index in [1.54, 1.807) is 18.7 Å². The molecule has 0 N–H and O–H groups in total. The van der Waals surface area contributed by atoms with Crippen molar-refractivity contribution in [2.24, 2.45) is 0 Å². The lowest BCUT2D eigenvalue weighted by atomic mass is 9.94. The average molecular weight is 364 g/mol. The second-order valence-electron chi connectivity index (χ2n) is 7.52. The zero-order chi connectivity index (χ0) is 18.1. The molecule has 1 saturated heterocycles. The van der Waals surface area contributed by atoms with Crippen molar-refractivity contribution in [2.75, 3.05) is 6.54 Å². The van der Waals surface area contributed by atoms with Crippen molar-refractivity contribution in [3.63, 3.8) is 0 Å². The summed E-state index contributed by atoms with van der Waals surface area (Å²) in [5, 5.41) is 4.23. The number of likely N-dealkylation sites (tertiary alicyclic amines) is 1. The molecular formula is C20H24N6O. The standard InChI is InChI=1S/C20H24N6O/c1-2-5-16(6-3-1)26-11-4-7-17(26)20-23-19(24-27-20)15-8-9-18(22-13-15)25-12-10-21-14-25/h8-10,12-14,16-17H,1-7,11H2. The van der Waals surface area contributed by atoms with Crippen LogP contribution in [0.1, 0.15) is 56.9 Å². The van der Waals surface area contributed by atoms with Crippen molar-refractivity contribution < 1.29 is 4.52 Å². The number of rotatable bonds is 4. The van der Waals surface area contributed by atoms with E-state index in [9.17, 15) is 0 Å². The monoisotopic (exact) mass is 364 g/mol. The zero-order valence-corrected chi connectivity index (χ0v) is 15.4. The Hall–Kier alpha value is -2.54. The minimum atomic E-state index is 0.271. The van der Waals surface area contributed by atoms with Gasteiger partial charge in [0.25, 0.3) is 0 Å². The second kappa shape index (κ2) is 7.23. The Morgan fingerprint density at radius 3 is 2.74 bits per heavy atom. The zero-order valence-electron chi connectivity index (χ0n) is 15.4. The van der Waals surface area contributed by atoms with Crippen LogP contribution in [-0.2, 0) is 0 Å². The van der Waals surface area contributed by atoms with Crippen LogP contribution in [0.3, 0.4) is 0 Å². The fourth-order valence-corrected chi connectivity index (χ4v) is 4.46. The molecule has 1 saturated carbocycles. The molecule has 3 aromatic heterocycles. The predicted molar refractivity (Wildman–Crippen MR) is 100 cm³/mol. The highest BCUT2D eigenvalue weighted by atomic mass is 16.5. The maximum absolute atomic E-state index is 5.68. The molecule has 2 fully saturated rings. The molecule has 4 heterocycles. The van der Waals surface area contributed by atoms with E-state index in [0.29, 0.717) is 11.9 Å². The van der Waals surface area contributed by atoms with Gasteiger partial charge in [-0.3, -0.25) is 9.47 Å². The largest absolute Gasteiger partial charge is 0.337 e. The van der Waals surface area contributed by atoms with Gasteiger partial charge in [0.2, 0.25) is 11.7 Å². The summed E-state index contributed by atoms with van der Waals surface area (Å²) in [7, 11) is 0. The Kier molecular flexibility index (Phi) is 4.45. The third-order valence-corrected chi connectivity index (χ3v) is 5.84. The van der Waals surface area contributed by atoms with E-state index in [4.69, 9.17) is 9.51 Å². The first kappa shape index (κ1) is 16.6. The van der Waals surface area contributed by atoms with Gasteiger partial charge < -0.3 is 4.52 Å². The summed E-state index contributed by atoms with van der Waals surface area (Å²) in [5.41, 5.74) is 0.871. The minimum Gasteiger partial charge on any atom is -0.337 e. The van der Waals surface area contributed by atoms with Crippen molar-refractivity contribution in [3.05, 3.63) is 42.9 Å². The van der Waals surface area contributed by atoms with Gasteiger partial charge in [0.15, 0.2) is 0 Å². The van der Waals surface area contributed by atoms with E-state index in [-0.39, 0.29) is 6.04 Å². The Bertz CT molecular complexity index is 866. The van der Waals surface area contributed by atoms with Crippen LogP contribution in [0.15, 0.2) is 41.6 Å². The Balaban J connectivity index is 1.34. The predicted octanol–water partition coefficient (Wildman–Crippen LogP) is 3.79. The molecule has 1 aliphatic carbocycles. The van der Waals surface area contributed by atoms with E-state index in [1.807, 2.05) is 22.9 Å². The van der Waals surface area contributed by atoms with Crippen molar-refractivity contribution in [2.45, 2.75) is 57.0 Å². The Labute approximate surface area is 158 Å². The number of hydrogen-bond acceptors (Lipinski definition) is 6. The molecule has 140 valence electrons. The van der Waals surface area contributed by atoms with Crippen LogP contribution in [0.2, 0.25) is 0 Å². The Morgan fingerprint density at radius 1 is 1.04 bits per heavy atom. The van der Waals surface area contributed by atoms with Gasteiger partial charge in [0.05, 0.1) is 6.04 Å². The molecule has 3 aromatic rings. The molecule has 7 heteroatoms. The van der Waals surface area contributed by atoms with E-state index in [1.165, 1.54) is 38.5 Å². The maximum atomic E-state index is 5.68. The SMILES string of the molecule is c1cn(-c2ccc(-c3noc(C4CCCN4C4CCCCC4)n3)cn2)cn1. The topological polar surface area (TPSA) is 72.9 Å². The molecule has 0 amide bonds. The van der Waals surface area contributed by atoms with Gasteiger partial charge >= 0.3 is 0 Å². The van der Waals surface area contributed by atoms with Crippen LogP contribution < -0.4 is 0 Å². The molecule has 27 heavy (non-hydrogen) atoms. The maximum Gasteiger partial charge on any atom is 0.244 e. The number of pyridine rings is 1. The van der Waals surface area contributed by atoms with Crippen molar-refractivity contribution >= 4 is 0 Å². The van der Waals surface area contributed by atoms with E-state index in [2.05, 4.69) is 20.0 Å². The highest BCUT2D eigenvalue weighted by Crippen LogP contribution is 2.37. The molecule has 1 atom stereocenters. The van der Waals surface area contributed by atoms with E-state index >= 15 is 0 Å². The lowest BCUT2D eigenvalue weighted by Gasteiger charge is -2.34. The quantitative estimate of drug-likeness (QED) is 0.701. The molecule has 1 unspecified atom stereocenters. The number of nitrogens with zero attached hydrogens (tertiary/aromatic N) is 6. The molecule has 0 bridgehead atoms. The minimum absolute atomic E-state index is 0.271. The van der Waals surface area contributed by atoms with Crippen LogP contribution in [0.25, 0.3) is 17.2 Å². The lowest BCUT2D eigenvalue weighted by Crippen LogP contribution is -2.36. The van der Waals surface area contributed by atoms with Gasteiger partial charge in [-0.1, -0.05) is 24.4 Å². The highest BCUT2D eigenvalue weighted by Gasteiger charge is 2.35. The molecule has 7 nitrogen and oxygen atoms in total. The van der Waals surface area contributed by atoms with Crippen molar-refractivity contribution in [1.82, 2.24) is 29.6 Å². The molecule has 0 radical (unpaired) electrons. The van der Waals surface area contributed by atoms with Crippen LogP contribution in [-0.4, -0.2) is 42.2 Å². The first-order valence-corrected chi connectivity index (χ1v) is 9.92. The molecule has 0 aromatic carbocycles. The van der Waals surface area contributed by atoms with Crippen LogP contribution in [0, 0.1) is 0 Å². The van der Waals surface area contributed by atoms with E-state index in [0.717, 1.165) is 30.2 Å². The van der Waals surface area contributed by atoms with Gasteiger partial charge in [0, 0.05) is 30.2 Å². The molecule has 1 aliphatic heterocycles. The van der Waals surface area contributed by atoms with Gasteiger partial charge in [-0.15, -0.1) is 0 Å². The summed E-state index contributed by atoms with van der Waals surface area (Å²) in [6.07, 6.45) is 16.1. The number of hydrogen-bond donors (Lipinski definition) is 0. The molecular weight excluding hydrogens is 340 g/mol. The number of imidazole rings is 1. The van der Waals surface area contributed by atoms with Gasteiger partial charge in [0.1, 0.15) is 12.1 Å². The van der Waals surface area contributed by atoms with Crippen molar-refractivity contribution in [1.29, 1.82) is 0 Å². The van der Waals surface area contributed by atoms with Gasteiger partial charge in [-0.2, -0.15) is 4.98 Å². The number of aromatic nitrogens is 5. The third kappa shape index (κ3) is 3.27. The molecule has 0 spiro atoms. The summed E-state index contributed by atoms with van der Waals surface area (Å²) < 4.78 is 7.55. The van der Waals surface area contributed by atoms with Crippen LogP contribution in [0.5, 0.6) is 0 Å². The van der Waals surface area contributed by atoms with Crippen molar-refractivity contribution in [3.8, 4) is 17.2 Å². The van der Waals surface area contributed by atoms with E-state index < -0.39 is 0 Å². The second-order valence-corrected chi connectivity index (χ2v) is 7.52. The fraction of sp³-hybridized carbons (Fsp3) is 0.500.